The molecular formula is C12H14ClFN2O. The maximum atomic E-state index is 13.1. The summed E-state index contributed by atoms with van der Waals surface area (Å²) in [6, 6.07) is 4.69. The van der Waals surface area contributed by atoms with Gasteiger partial charge in [-0.3, -0.25) is 4.68 Å². The largest absolute Gasteiger partial charge is 0.378 e. The van der Waals surface area contributed by atoms with E-state index in [0.717, 1.165) is 16.6 Å². The fourth-order valence-corrected chi connectivity index (χ4v) is 1.90. The Hall–Kier alpha value is -1.13. The van der Waals surface area contributed by atoms with E-state index in [9.17, 15) is 4.39 Å². The lowest BCUT2D eigenvalue weighted by atomic mass is 10.2. The molecule has 5 heteroatoms. The number of aryl methyl sites for hydroxylation is 1. The molecule has 0 aliphatic carbocycles. The number of halogens is 2. The van der Waals surface area contributed by atoms with Gasteiger partial charge in [0.2, 0.25) is 0 Å². The van der Waals surface area contributed by atoms with Crippen molar-refractivity contribution < 1.29 is 9.13 Å². The summed E-state index contributed by atoms with van der Waals surface area (Å²) < 4.78 is 20.2. The molecule has 0 saturated carbocycles. The third kappa shape index (κ3) is 2.76. The van der Waals surface area contributed by atoms with Crippen LogP contribution >= 0.6 is 11.6 Å². The summed E-state index contributed by atoms with van der Waals surface area (Å²) in [4.78, 5) is 0. The van der Waals surface area contributed by atoms with Crippen molar-refractivity contribution in [3.05, 3.63) is 29.7 Å². The molecule has 0 saturated heterocycles. The van der Waals surface area contributed by atoms with Crippen LogP contribution in [-0.2, 0) is 11.3 Å². The minimum absolute atomic E-state index is 0.237. The van der Waals surface area contributed by atoms with Crippen molar-refractivity contribution in [3.63, 3.8) is 0 Å². The van der Waals surface area contributed by atoms with E-state index in [2.05, 4.69) is 5.10 Å². The van der Waals surface area contributed by atoms with Crippen molar-refractivity contribution in [1.29, 1.82) is 0 Å². The molecule has 2 aromatic rings. The first-order chi connectivity index (χ1) is 8.22. The van der Waals surface area contributed by atoms with Crippen molar-refractivity contribution in [2.45, 2.75) is 13.5 Å². The molecule has 0 atom stereocenters. The average molecular weight is 257 g/mol. The van der Waals surface area contributed by atoms with E-state index in [4.69, 9.17) is 16.3 Å². The van der Waals surface area contributed by atoms with Crippen molar-refractivity contribution >= 4 is 22.5 Å². The second-order valence-corrected chi connectivity index (χ2v) is 4.15. The molecule has 3 nitrogen and oxygen atoms in total. The molecule has 0 amide bonds. The van der Waals surface area contributed by atoms with Crippen LogP contribution in [-0.4, -0.2) is 28.9 Å². The van der Waals surface area contributed by atoms with Gasteiger partial charge < -0.3 is 4.74 Å². The summed E-state index contributed by atoms with van der Waals surface area (Å²) in [7, 11) is 0. The Bertz CT molecular complexity index is 512. The highest BCUT2D eigenvalue weighted by atomic mass is 35.5. The Morgan fingerprint density at radius 2 is 2.24 bits per heavy atom. The number of alkyl halides is 1. The molecule has 0 aliphatic rings. The highest BCUT2D eigenvalue weighted by molar-refractivity contribution is 6.17. The first kappa shape index (κ1) is 12.3. The van der Waals surface area contributed by atoms with E-state index in [1.165, 1.54) is 12.1 Å². The second-order valence-electron chi connectivity index (χ2n) is 3.77. The van der Waals surface area contributed by atoms with Gasteiger partial charge in [-0.25, -0.2) is 4.39 Å². The SMILES string of the molecule is Cc1nn(CCOCCCl)c2ccc(F)cc12. The van der Waals surface area contributed by atoms with Crippen molar-refractivity contribution in [1.82, 2.24) is 9.78 Å². The number of hydrogen-bond donors (Lipinski definition) is 0. The van der Waals surface area contributed by atoms with Crippen LogP contribution in [0.2, 0.25) is 0 Å². The Labute approximate surface area is 104 Å². The van der Waals surface area contributed by atoms with Gasteiger partial charge in [-0.1, -0.05) is 0 Å². The molecule has 1 aromatic heterocycles. The van der Waals surface area contributed by atoms with Crippen LogP contribution in [0.3, 0.4) is 0 Å². The number of ether oxygens (including phenoxy) is 1. The van der Waals surface area contributed by atoms with Crippen molar-refractivity contribution in [3.8, 4) is 0 Å². The van der Waals surface area contributed by atoms with Gasteiger partial charge in [0.05, 0.1) is 31.0 Å². The fourth-order valence-electron chi connectivity index (χ4n) is 1.79. The molecule has 0 radical (unpaired) electrons. The average Bonchev–Trinajstić information content (AvgIpc) is 2.62. The highest BCUT2D eigenvalue weighted by Crippen LogP contribution is 2.19. The lowest BCUT2D eigenvalue weighted by Gasteiger charge is -2.04. The number of rotatable bonds is 5. The normalized spacial score (nSPS) is 11.2. The predicted molar refractivity (Wildman–Crippen MR) is 66.0 cm³/mol. The summed E-state index contributed by atoms with van der Waals surface area (Å²) in [6.45, 7) is 3.61. The van der Waals surface area contributed by atoms with Gasteiger partial charge in [0, 0.05) is 11.3 Å². The summed E-state index contributed by atoms with van der Waals surface area (Å²) in [5.41, 5.74) is 1.76. The van der Waals surface area contributed by atoms with Gasteiger partial charge in [-0.15, -0.1) is 11.6 Å². The van der Waals surface area contributed by atoms with E-state index >= 15 is 0 Å². The zero-order chi connectivity index (χ0) is 12.3. The maximum Gasteiger partial charge on any atom is 0.124 e. The minimum atomic E-state index is -0.237. The molecule has 2 rings (SSSR count). The van der Waals surface area contributed by atoms with Crippen molar-refractivity contribution in [2.24, 2.45) is 0 Å². The number of hydrogen-bond acceptors (Lipinski definition) is 2. The first-order valence-corrected chi connectivity index (χ1v) is 6.02. The third-order valence-corrected chi connectivity index (χ3v) is 2.72. The molecule has 1 heterocycles. The van der Waals surface area contributed by atoms with Crippen LogP contribution in [0.5, 0.6) is 0 Å². The molecule has 17 heavy (non-hydrogen) atoms. The Morgan fingerprint density at radius 1 is 1.41 bits per heavy atom. The Morgan fingerprint density at radius 3 is 3.00 bits per heavy atom. The monoisotopic (exact) mass is 256 g/mol. The van der Waals surface area contributed by atoms with Crippen molar-refractivity contribution in [2.75, 3.05) is 19.1 Å². The maximum absolute atomic E-state index is 13.1. The number of aromatic nitrogens is 2. The summed E-state index contributed by atoms with van der Waals surface area (Å²) in [5, 5.41) is 5.21. The summed E-state index contributed by atoms with van der Waals surface area (Å²) >= 11 is 5.51. The number of fused-ring (bicyclic) bond motifs is 1. The lowest BCUT2D eigenvalue weighted by Crippen LogP contribution is -2.08. The molecule has 0 unspecified atom stereocenters. The van der Waals surface area contributed by atoms with E-state index in [1.807, 2.05) is 11.6 Å². The molecule has 0 aliphatic heterocycles. The van der Waals surface area contributed by atoms with Gasteiger partial charge in [0.25, 0.3) is 0 Å². The van der Waals surface area contributed by atoms with E-state index in [1.54, 1.807) is 6.07 Å². The fraction of sp³-hybridized carbons (Fsp3) is 0.417. The Balaban J connectivity index is 2.17. The zero-order valence-corrected chi connectivity index (χ0v) is 10.4. The molecule has 1 aromatic carbocycles. The van der Waals surface area contributed by atoms with Gasteiger partial charge in [0.1, 0.15) is 5.82 Å². The van der Waals surface area contributed by atoms with Gasteiger partial charge >= 0.3 is 0 Å². The van der Waals surface area contributed by atoms with Crippen LogP contribution in [0.4, 0.5) is 4.39 Å². The molecule has 0 spiro atoms. The van der Waals surface area contributed by atoms with Crippen LogP contribution in [0.15, 0.2) is 18.2 Å². The van der Waals surface area contributed by atoms with Crippen LogP contribution in [0.1, 0.15) is 5.69 Å². The van der Waals surface area contributed by atoms with E-state index in [0.29, 0.717) is 25.6 Å². The summed E-state index contributed by atoms with van der Waals surface area (Å²) in [6.07, 6.45) is 0. The third-order valence-electron chi connectivity index (χ3n) is 2.57. The lowest BCUT2D eigenvalue weighted by molar-refractivity contribution is 0.139. The van der Waals surface area contributed by atoms with Crippen LogP contribution in [0.25, 0.3) is 10.9 Å². The molecule has 0 fully saturated rings. The number of benzene rings is 1. The zero-order valence-electron chi connectivity index (χ0n) is 9.62. The molecule has 0 N–H and O–H groups in total. The summed E-state index contributed by atoms with van der Waals surface area (Å²) in [5.74, 6) is 0.253. The molecule has 92 valence electrons. The Kier molecular flexibility index (Phi) is 3.97. The molecular weight excluding hydrogens is 243 g/mol. The first-order valence-electron chi connectivity index (χ1n) is 5.49. The van der Waals surface area contributed by atoms with E-state index in [-0.39, 0.29) is 5.82 Å². The number of nitrogens with zero attached hydrogens (tertiary/aromatic N) is 2. The predicted octanol–water partition coefficient (Wildman–Crippen LogP) is 2.74. The smallest absolute Gasteiger partial charge is 0.124 e. The van der Waals surface area contributed by atoms with Gasteiger partial charge in [-0.05, 0) is 25.1 Å². The van der Waals surface area contributed by atoms with Crippen LogP contribution < -0.4 is 0 Å². The van der Waals surface area contributed by atoms with Crippen LogP contribution in [0, 0.1) is 12.7 Å². The topological polar surface area (TPSA) is 27.1 Å². The minimum Gasteiger partial charge on any atom is -0.378 e. The quantitative estimate of drug-likeness (QED) is 0.608. The highest BCUT2D eigenvalue weighted by Gasteiger charge is 2.07. The van der Waals surface area contributed by atoms with Gasteiger partial charge in [-0.2, -0.15) is 5.10 Å². The standard InChI is InChI=1S/C12H14ClFN2O/c1-9-11-8-10(14)2-3-12(11)16(15-9)5-7-17-6-4-13/h2-3,8H,4-7H2,1H3. The van der Waals surface area contributed by atoms with E-state index < -0.39 is 0 Å². The van der Waals surface area contributed by atoms with Gasteiger partial charge in [0.15, 0.2) is 0 Å². The second kappa shape index (κ2) is 5.47. The molecule has 0 bridgehead atoms.